The van der Waals surface area contributed by atoms with Gasteiger partial charge in [0.25, 0.3) is 0 Å². The maximum Gasteiger partial charge on any atom is 0.338 e. The van der Waals surface area contributed by atoms with Gasteiger partial charge in [-0.05, 0) is 42.4 Å². The van der Waals surface area contributed by atoms with Crippen LogP contribution in [-0.2, 0) is 10.0 Å². The Kier molecular flexibility index (Phi) is 4.08. The highest BCUT2D eigenvalue weighted by Crippen LogP contribution is 2.51. The molecular weight excluding hydrogens is 297 g/mol. The van der Waals surface area contributed by atoms with Crippen LogP contribution in [0.15, 0.2) is 23.1 Å². The fraction of sp³-hybridized carbons (Fsp3) is 0.500. The standard InChI is InChI=1S/C14H18FNO4S/c1-9(2)14(5-6-14)8-16-21(19,20)10-3-4-12(15)11(7-10)13(17)18/h3-4,7,9,16H,5-6,8H2,1-2H3,(H,17,18). The Morgan fingerprint density at radius 1 is 1.43 bits per heavy atom. The van der Waals surface area contributed by atoms with Gasteiger partial charge in [-0.25, -0.2) is 22.3 Å². The summed E-state index contributed by atoms with van der Waals surface area (Å²) in [6, 6.07) is 2.77. The first-order valence-electron chi connectivity index (χ1n) is 6.70. The van der Waals surface area contributed by atoms with Crippen LogP contribution in [0.2, 0.25) is 0 Å². The Morgan fingerprint density at radius 2 is 2.05 bits per heavy atom. The van der Waals surface area contributed by atoms with Crippen molar-refractivity contribution in [2.24, 2.45) is 11.3 Å². The number of hydrogen-bond acceptors (Lipinski definition) is 3. The van der Waals surface area contributed by atoms with Crippen molar-refractivity contribution in [1.82, 2.24) is 4.72 Å². The van der Waals surface area contributed by atoms with Crippen molar-refractivity contribution in [2.75, 3.05) is 6.54 Å². The number of carboxylic acid groups (broad SMARTS) is 1. The predicted molar refractivity (Wildman–Crippen MR) is 75.1 cm³/mol. The van der Waals surface area contributed by atoms with Crippen molar-refractivity contribution in [3.63, 3.8) is 0 Å². The molecule has 1 aliphatic rings. The molecule has 1 aromatic carbocycles. The Bertz CT molecular complexity index is 666. The molecule has 0 saturated heterocycles. The monoisotopic (exact) mass is 315 g/mol. The van der Waals surface area contributed by atoms with Crippen molar-refractivity contribution in [3.05, 3.63) is 29.6 Å². The van der Waals surface area contributed by atoms with Gasteiger partial charge in [-0.3, -0.25) is 0 Å². The summed E-state index contributed by atoms with van der Waals surface area (Å²) in [6.07, 6.45) is 1.94. The van der Waals surface area contributed by atoms with E-state index in [0.29, 0.717) is 12.5 Å². The van der Waals surface area contributed by atoms with Crippen molar-refractivity contribution in [3.8, 4) is 0 Å². The number of carbonyl (C=O) groups is 1. The van der Waals surface area contributed by atoms with Gasteiger partial charge in [-0.2, -0.15) is 0 Å². The summed E-state index contributed by atoms with van der Waals surface area (Å²) in [5, 5.41) is 8.84. The van der Waals surface area contributed by atoms with Gasteiger partial charge in [0, 0.05) is 6.54 Å². The highest BCUT2D eigenvalue weighted by atomic mass is 32.2. The van der Waals surface area contributed by atoms with Crippen LogP contribution in [0.4, 0.5) is 4.39 Å². The summed E-state index contributed by atoms with van der Waals surface area (Å²) in [5.74, 6) is -2.09. The number of benzene rings is 1. The maximum atomic E-state index is 13.3. The average Bonchev–Trinajstić information content (AvgIpc) is 3.17. The highest BCUT2D eigenvalue weighted by molar-refractivity contribution is 7.89. The van der Waals surface area contributed by atoms with Crippen LogP contribution < -0.4 is 4.72 Å². The van der Waals surface area contributed by atoms with Crippen LogP contribution in [0.5, 0.6) is 0 Å². The van der Waals surface area contributed by atoms with Crippen molar-refractivity contribution in [2.45, 2.75) is 31.6 Å². The molecule has 0 aromatic heterocycles. The largest absolute Gasteiger partial charge is 0.478 e. The van der Waals surface area contributed by atoms with E-state index in [1.807, 2.05) is 13.8 Å². The molecule has 1 saturated carbocycles. The lowest BCUT2D eigenvalue weighted by Gasteiger charge is -2.20. The van der Waals surface area contributed by atoms with Gasteiger partial charge in [-0.1, -0.05) is 13.8 Å². The Balaban J connectivity index is 2.20. The number of rotatable bonds is 6. The van der Waals surface area contributed by atoms with E-state index in [0.717, 1.165) is 31.0 Å². The molecular formula is C14H18FNO4S. The third kappa shape index (κ3) is 3.24. The summed E-state index contributed by atoms with van der Waals surface area (Å²) in [4.78, 5) is 10.6. The van der Waals surface area contributed by atoms with Gasteiger partial charge in [0.05, 0.1) is 10.5 Å². The van der Waals surface area contributed by atoms with E-state index in [1.54, 1.807) is 0 Å². The third-order valence-electron chi connectivity index (χ3n) is 4.21. The fourth-order valence-electron chi connectivity index (χ4n) is 2.28. The van der Waals surface area contributed by atoms with E-state index in [1.165, 1.54) is 0 Å². The van der Waals surface area contributed by atoms with Gasteiger partial charge in [0.2, 0.25) is 10.0 Å². The zero-order chi connectivity index (χ0) is 15.8. The third-order valence-corrected chi connectivity index (χ3v) is 5.61. The van der Waals surface area contributed by atoms with Crippen LogP contribution in [0.3, 0.4) is 0 Å². The summed E-state index contributed by atoms with van der Waals surface area (Å²) in [6.45, 7) is 4.40. The molecule has 0 radical (unpaired) electrons. The average molecular weight is 315 g/mol. The first-order valence-corrected chi connectivity index (χ1v) is 8.19. The lowest BCUT2D eigenvalue weighted by Crippen LogP contribution is -2.32. The molecule has 7 heteroatoms. The molecule has 0 amide bonds. The second-order valence-electron chi connectivity index (χ2n) is 5.79. The number of sulfonamides is 1. The van der Waals surface area contributed by atoms with Gasteiger partial charge in [0.15, 0.2) is 0 Å². The summed E-state index contributed by atoms with van der Waals surface area (Å²) in [7, 11) is -3.84. The lowest BCUT2D eigenvalue weighted by atomic mass is 9.93. The molecule has 5 nitrogen and oxygen atoms in total. The van der Waals surface area contributed by atoms with Gasteiger partial charge in [0.1, 0.15) is 5.82 Å². The molecule has 0 spiro atoms. The second kappa shape index (κ2) is 5.38. The zero-order valence-corrected chi connectivity index (χ0v) is 12.7. The number of nitrogens with one attached hydrogen (secondary N) is 1. The molecule has 2 rings (SSSR count). The molecule has 2 N–H and O–H groups in total. The molecule has 0 atom stereocenters. The first-order chi connectivity index (χ1) is 9.68. The lowest BCUT2D eigenvalue weighted by molar-refractivity contribution is 0.0691. The quantitative estimate of drug-likeness (QED) is 0.843. The van der Waals surface area contributed by atoms with E-state index >= 15 is 0 Å². The van der Waals surface area contributed by atoms with Crippen LogP contribution >= 0.6 is 0 Å². The summed E-state index contributed by atoms with van der Waals surface area (Å²) < 4.78 is 40.2. The van der Waals surface area contributed by atoms with Crippen LogP contribution in [-0.4, -0.2) is 26.0 Å². The van der Waals surface area contributed by atoms with E-state index < -0.39 is 27.4 Å². The summed E-state index contributed by atoms with van der Waals surface area (Å²) in [5.41, 5.74) is -0.661. The molecule has 21 heavy (non-hydrogen) atoms. The molecule has 0 unspecified atom stereocenters. The first kappa shape index (κ1) is 15.9. The van der Waals surface area contributed by atoms with Crippen molar-refractivity contribution >= 4 is 16.0 Å². The molecule has 116 valence electrons. The number of hydrogen-bond donors (Lipinski definition) is 2. The number of carboxylic acids is 1. The van der Waals surface area contributed by atoms with Crippen LogP contribution in [0.1, 0.15) is 37.0 Å². The topological polar surface area (TPSA) is 83.5 Å². The molecule has 0 aliphatic heterocycles. The Hall–Kier alpha value is -1.47. The predicted octanol–water partition coefficient (Wildman–Crippen LogP) is 2.24. The highest BCUT2D eigenvalue weighted by Gasteiger charge is 2.45. The van der Waals surface area contributed by atoms with Gasteiger partial charge < -0.3 is 5.11 Å². The second-order valence-corrected chi connectivity index (χ2v) is 7.56. The van der Waals surface area contributed by atoms with Crippen molar-refractivity contribution in [1.29, 1.82) is 0 Å². The minimum absolute atomic E-state index is 0.0112. The van der Waals surface area contributed by atoms with E-state index in [4.69, 9.17) is 5.11 Å². The Morgan fingerprint density at radius 3 is 2.52 bits per heavy atom. The van der Waals surface area contributed by atoms with Crippen LogP contribution in [0, 0.1) is 17.2 Å². The summed E-state index contributed by atoms with van der Waals surface area (Å²) >= 11 is 0. The molecule has 1 aliphatic carbocycles. The normalized spacial score (nSPS) is 17.0. The molecule has 1 aromatic rings. The van der Waals surface area contributed by atoms with Gasteiger partial charge >= 0.3 is 5.97 Å². The SMILES string of the molecule is CC(C)C1(CNS(=O)(=O)c2ccc(F)c(C(=O)O)c2)CC1. The Labute approximate surface area is 123 Å². The fourth-order valence-corrected chi connectivity index (χ4v) is 3.44. The van der Waals surface area contributed by atoms with Gasteiger partial charge in [-0.15, -0.1) is 0 Å². The van der Waals surface area contributed by atoms with Crippen molar-refractivity contribution < 1.29 is 22.7 Å². The zero-order valence-electron chi connectivity index (χ0n) is 11.9. The molecule has 0 heterocycles. The number of halogens is 1. The van der Waals surface area contributed by atoms with E-state index in [2.05, 4.69) is 4.72 Å². The van der Waals surface area contributed by atoms with E-state index in [-0.39, 0.29) is 10.3 Å². The number of aromatic carboxylic acids is 1. The smallest absolute Gasteiger partial charge is 0.338 e. The van der Waals surface area contributed by atoms with Crippen LogP contribution in [0.25, 0.3) is 0 Å². The minimum Gasteiger partial charge on any atom is -0.478 e. The molecule has 1 fully saturated rings. The minimum atomic E-state index is -3.84. The maximum absolute atomic E-state index is 13.3. The van der Waals surface area contributed by atoms with E-state index in [9.17, 15) is 17.6 Å². The molecule has 0 bridgehead atoms.